The van der Waals surface area contributed by atoms with Gasteiger partial charge in [-0.05, 0) is 0 Å². The van der Waals surface area contributed by atoms with Crippen LogP contribution in [0, 0.1) is 0 Å². The predicted molar refractivity (Wildman–Crippen MR) is 181 cm³/mol. The Labute approximate surface area is 463 Å². The molecular formula is C30H17F51O7Si3. The molecular weight excluding hydrogens is 1530 g/mol. The van der Waals surface area contributed by atoms with Gasteiger partial charge in [0.05, 0.1) is 0 Å². The molecule has 0 unspecified atom stereocenters. The lowest BCUT2D eigenvalue weighted by Crippen LogP contribution is -2.74. The number of hydrogen-bond donors (Lipinski definition) is 5. The zero-order chi connectivity index (χ0) is 75.2. The number of rotatable bonds is 31. The summed E-state index contributed by atoms with van der Waals surface area (Å²) in [6.07, 6.45) is -38.9. The van der Waals surface area contributed by atoms with Gasteiger partial charge in [0.15, 0.2) is 0 Å². The smallest absolute Gasteiger partial charge is 0.391 e. The van der Waals surface area contributed by atoms with Crippen molar-refractivity contribution in [3.63, 3.8) is 0 Å². The minimum Gasteiger partial charge on any atom is -0.391 e. The number of alkyl halides is 51. The van der Waals surface area contributed by atoms with Crippen molar-refractivity contribution >= 4 is 26.4 Å². The minimum absolute atomic E-state index is 3.08. The Morgan fingerprint density at radius 1 is 0.176 bits per heavy atom. The second-order valence-electron chi connectivity index (χ2n) is 17.8. The molecule has 0 spiro atoms. The van der Waals surface area contributed by atoms with Crippen molar-refractivity contribution in [1.82, 2.24) is 0 Å². The van der Waals surface area contributed by atoms with Crippen LogP contribution in [0.1, 0.15) is 19.3 Å². The molecule has 0 bridgehead atoms. The third kappa shape index (κ3) is 13.0. The first-order valence-electron chi connectivity index (χ1n) is 20.4. The Kier molecular flexibility index (Phi) is 22.2. The lowest BCUT2D eigenvalue weighted by molar-refractivity contribution is -0.461. The highest BCUT2D eigenvalue weighted by Gasteiger charge is 2.99. The lowest BCUT2D eigenvalue weighted by Gasteiger charge is -2.43. The van der Waals surface area contributed by atoms with Gasteiger partial charge < -0.3 is 32.2 Å². The molecule has 0 amide bonds. The van der Waals surface area contributed by atoms with E-state index in [1.807, 2.05) is 0 Å². The zero-order valence-electron chi connectivity index (χ0n) is 40.1. The molecule has 0 atom stereocenters. The largest absolute Gasteiger partial charge is 0.488 e. The third-order valence-corrected chi connectivity index (χ3v) is 19.1. The van der Waals surface area contributed by atoms with Crippen molar-refractivity contribution < 1.29 is 256 Å². The van der Waals surface area contributed by atoms with Crippen LogP contribution in [0.25, 0.3) is 0 Å². The van der Waals surface area contributed by atoms with Gasteiger partial charge in [-0.3, -0.25) is 0 Å². The second-order valence-corrected chi connectivity index (χ2v) is 25.4. The van der Waals surface area contributed by atoms with Gasteiger partial charge in [-0.25, -0.2) is 0 Å². The molecule has 0 fully saturated rings. The third-order valence-electron chi connectivity index (χ3n) is 11.3. The maximum atomic E-state index is 14.8. The van der Waals surface area contributed by atoms with Crippen LogP contribution in [-0.2, 0) is 8.23 Å². The molecule has 0 saturated heterocycles. The van der Waals surface area contributed by atoms with Crippen LogP contribution < -0.4 is 0 Å². The summed E-state index contributed by atoms with van der Waals surface area (Å²) < 4.78 is 705. The molecule has 0 radical (unpaired) electrons. The fourth-order valence-electron chi connectivity index (χ4n) is 5.75. The van der Waals surface area contributed by atoms with Crippen LogP contribution in [0.4, 0.5) is 224 Å². The second kappa shape index (κ2) is 23.0. The van der Waals surface area contributed by atoms with E-state index in [-0.39, 0.29) is 0 Å². The van der Waals surface area contributed by atoms with Crippen molar-refractivity contribution in [1.29, 1.82) is 0 Å². The molecule has 0 aromatic heterocycles. The van der Waals surface area contributed by atoms with Crippen molar-refractivity contribution in [3.05, 3.63) is 0 Å². The average Bonchev–Trinajstić information content (AvgIpc) is 0.710. The van der Waals surface area contributed by atoms with Crippen molar-refractivity contribution in [3.8, 4) is 0 Å². The lowest BCUT2D eigenvalue weighted by atomic mass is 9.88. The Balaban J connectivity index is 8.20. The minimum atomic E-state index is -9.67. The molecule has 0 aromatic carbocycles. The van der Waals surface area contributed by atoms with Gasteiger partial charge in [-0.1, -0.05) is 0 Å². The highest BCUT2D eigenvalue weighted by molar-refractivity contribution is 6.78. The van der Waals surface area contributed by atoms with Gasteiger partial charge in [-0.2, -0.15) is 224 Å². The molecule has 61 heteroatoms. The maximum Gasteiger partial charge on any atom is 0.488 e. The normalized spacial score (nSPS) is 17.1. The highest BCUT2D eigenvalue weighted by Crippen LogP contribution is 2.69. The first kappa shape index (κ1) is 87.8. The molecule has 0 aliphatic carbocycles. The average molecular weight is 1540 g/mol. The van der Waals surface area contributed by atoms with Crippen LogP contribution in [0.3, 0.4) is 0 Å². The van der Waals surface area contributed by atoms with Gasteiger partial charge in [-0.15, -0.1) is 0 Å². The summed E-state index contributed by atoms with van der Waals surface area (Å²) in [7, 11) is -25.4. The first-order valence-corrected chi connectivity index (χ1v) is 26.4. The predicted octanol–water partition coefficient (Wildman–Crippen LogP) is 15.0. The van der Waals surface area contributed by atoms with E-state index in [2.05, 4.69) is 8.23 Å². The van der Waals surface area contributed by atoms with E-state index in [0.717, 1.165) is 0 Å². The molecule has 0 aliphatic rings. The zero-order valence-corrected chi connectivity index (χ0v) is 43.1. The van der Waals surface area contributed by atoms with E-state index in [4.69, 9.17) is 0 Å². The van der Waals surface area contributed by atoms with E-state index >= 15 is 0 Å². The van der Waals surface area contributed by atoms with E-state index < -0.39 is 207 Å². The van der Waals surface area contributed by atoms with E-state index in [0.29, 0.717) is 0 Å². The molecule has 0 saturated carbocycles. The Morgan fingerprint density at radius 2 is 0.297 bits per heavy atom. The summed E-state index contributed by atoms with van der Waals surface area (Å²) in [4.78, 5) is 49.8. The van der Waals surface area contributed by atoms with Crippen LogP contribution >= 0.6 is 0 Å². The number of halogens is 51. The molecule has 5 N–H and O–H groups in total. The highest BCUT2D eigenvalue weighted by atomic mass is 28.5. The molecule has 91 heavy (non-hydrogen) atoms. The summed E-state index contributed by atoms with van der Waals surface area (Å²) >= 11 is 0. The van der Waals surface area contributed by atoms with Crippen molar-refractivity contribution in [2.45, 2.75) is 180 Å². The standard InChI is InChI=1S/C30H17F51O7Si3/c31-7(32,10(37,38)13(43,44)16(49,50)19(55,56)22(61,62)25(67,68)28(73,74)75)1-4-89(82,83)87-91(86,6-3-9(35,36)12(41,42)15(47,48)18(53,54)21(59,60)24(65,66)27(71,72)30(79,80)81)88-90(84,85)5-2-8(33,34)11(39,40)14(45,46)17(51,52)20(57,58)23(63,64)26(69,70)29(76,77)78/h82-86H,1-6H2. The van der Waals surface area contributed by atoms with Crippen LogP contribution in [0.5, 0.6) is 0 Å². The summed E-state index contributed by atoms with van der Waals surface area (Å²) in [5.41, 5.74) is 0. The molecule has 7 nitrogen and oxygen atoms in total. The molecule has 0 aliphatic heterocycles. The van der Waals surface area contributed by atoms with Crippen molar-refractivity contribution in [2.75, 3.05) is 0 Å². The van der Waals surface area contributed by atoms with Crippen LogP contribution in [0.2, 0.25) is 18.1 Å². The monoisotopic (exact) mass is 1540 g/mol. The number of hydrogen-bond acceptors (Lipinski definition) is 7. The molecule has 0 aromatic rings. The Bertz CT molecular complexity index is 2410. The SMILES string of the molecule is O[Si](O)(CCC(F)(F)C(F)(F)C(F)(F)C(F)(F)C(F)(F)C(F)(F)C(F)(F)C(F)(F)F)O[Si](O)(CCC(F)(F)C(F)(F)C(F)(F)C(F)(F)C(F)(F)C(F)(F)C(F)(F)C(F)(F)F)O[Si](O)(O)CCC(F)(F)C(F)(F)C(F)(F)C(F)(F)C(F)(F)C(F)(F)C(F)(F)C(F)(F)F. The summed E-state index contributed by atoms with van der Waals surface area (Å²) in [5, 5.41) is 0. The maximum absolute atomic E-state index is 14.8. The van der Waals surface area contributed by atoms with Crippen LogP contribution in [-0.4, -0.2) is 193 Å². The Morgan fingerprint density at radius 3 is 0.440 bits per heavy atom. The summed E-state index contributed by atoms with van der Waals surface area (Å²) in [5.74, 6) is -192. The summed E-state index contributed by atoms with van der Waals surface area (Å²) in [6, 6.07) is -12.1. The van der Waals surface area contributed by atoms with E-state index in [9.17, 15) is 248 Å². The van der Waals surface area contributed by atoms with Crippen molar-refractivity contribution in [2.24, 2.45) is 0 Å². The van der Waals surface area contributed by atoms with Gasteiger partial charge in [0, 0.05) is 37.4 Å². The molecule has 0 rings (SSSR count). The quantitative estimate of drug-likeness (QED) is 0.0346. The fraction of sp³-hybridized carbons (Fsp3) is 1.00. The van der Waals surface area contributed by atoms with Gasteiger partial charge >= 0.3 is 169 Å². The molecule has 548 valence electrons. The van der Waals surface area contributed by atoms with Crippen LogP contribution in [0.15, 0.2) is 0 Å². The first-order chi connectivity index (χ1) is 38.3. The topological polar surface area (TPSA) is 120 Å². The van der Waals surface area contributed by atoms with Gasteiger partial charge in [0.25, 0.3) is 0 Å². The Hall–Kier alpha value is -3.20. The van der Waals surface area contributed by atoms with E-state index in [1.54, 1.807) is 0 Å². The fourth-order valence-corrected chi connectivity index (χ4v) is 13.9. The van der Waals surface area contributed by atoms with E-state index in [1.165, 1.54) is 0 Å². The molecule has 0 heterocycles. The van der Waals surface area contributed by atoms with Gasteiger partial charge in [0.2, 0.25) is 0 Å². The summed E-state index contributed by atoms with van der Waals surface area (Å²) in [6.45, 7) is 0. The van der Waals surface area contributed by atoms with Gasteiger partial charge in [0.1, 0.15) is 0 Å².